The number of nitrogens with one attached hydrogen (secondary N) is 2. The summed E-state index contributed by atoms with van der Waals surface area (Å²) in [6, 6.07) is 5.57. The van der Waals surface area contributed by atoms with Crippen LogP contribution in [-0.4, -0.2) is 57.6 Å². The van der Waals surface area contributed by atoms with Crippen molar-refractivity contribution < 1.29 is 18.9 Å². The van der Waals surface area contributed by atoms with E-state index in [4.69, 9.17) is 43.4 Å². The summed E-state index contributed by atoms with van der Waals surface area (Å²) in [5, 5.41) is 6.45. The standard InChI is InChI=1S/C20H26N2O4S2/c1-23-15-7-5-13(11-17(15)25-3)19(27)21-9-10-22-20(28)14-6-8-16(24-2)18(12-14)26-4/h5-7,11-12,16H,8-10H2,1-4H3,(H,21,27)(H,22,28)/t16-/m1/s1. The smallest absolute Gasteiger partial charge is 0.161 e. The van der Waals surface area contributed by atoms with Crippen LogP contribution in [0.1, 0.15) is 12.0 Å². The Kier molecular flexibility index (Phi) is 8.69. The summed E-state index contributed by atoms with van der Waals surface area (Å²) in [5.74, 6) is 2.08. The number of thiocarbonyl (C=S) groups is 2. The van der Waals surface area contributed by atoms with E-state index in [1.165, 1.54) is 0 Å². The SMILES string of the molecule is COC1=CC(C(=S)NCCNC(=S)c2ccc(OC)c(OC)c2)=CC[C@H]1OC. The Morgan fingerprint density at radius 1 is 0.964 bits per heavy atom. The van der Waals surface area contributed by atoms with E-state index in [9.17, 15) is 0 Å². The molecule has 8 heteroatoms. The third-order valence-corrected chi connectivity index (χ3v) is 5.05. The van der Waals surface area contributed by atoms with Gasteiger partial charge in [0.1, 0.15) is 21.8 Å². The topological polar surface area (TPSA) is 61.0 Å². The molecule has 1 atom stereocenters. The van der Waals surface area contributed by atoms with Crippen molar-refractivity contribution in [2.75, 3.05) is 41.5 Å². The zero-order valence-electron chi connectivity index (χ0n) is 16.5. The largest absolute Gasteiger partial charge is 0.498 e. The van der Waals surface area contributed by atoms with Crippen LogP contribution >= 0.6 is 24.4 Å². The molecule has 0 amide bonds. The van der Waals surface area contributed by atoms with Crippen molar-refractivity contribution in [2.45, 2.75) is 12.5 Å². The van der Waals surface area contributed by atoms with Crippen molar-refractivity contribution in [1.82, 2.24) is 10.6 Å². The summed E-state index contributed by atoms with van der Waals surface area (Å²) in [6.45, 7) is 1.26. The lowest BCUT2D eigenvalue weighted by atomic mass is 10.0. The van der Waals surface area contributed by atoms with Gasteiger partial charge in [0.05, 0.1) is 21.3 Å². The molecule has 0 spiro atoms. The number of hydrogen-bond acceptors (Lipinski definition) is 6. The molecule has 28 heavy (non-hydrogen) atoms. The fraction of sp³-hybridized carbons (Fsp3) is 0.400. The van der Waals surface area contributed by atoms with Gasteiger partial charge in [0.15, 0.2) is 11.5 Å². The van der Waals surface area contributed by atoms with Crippen molar-refractivity contribution in [3.63, 3.8) is 0 Å². The molecule has 0 aliphatic heterocycles. The minimum atomic E-state index is -0.0583. The van der Waals surface area contributed by atoms with Crippen LogP contribution in [0.3, 0.4) is 0 Å². The predicted octanol–water partition coefficient (Wildman–Crippen LogP) is 2.76. The van der Waals surface area contributed by atoms with Crippen molar-refractivity contribution >= 4 is 34.4 Å². The van der Waals surface area contributed by atoms with E-state index in [-0.39, 0.29) is 6.10 Å². The van der Waals surface area contributed by atoms with E-state index in [2.05, 4.69) is 10.6 Å². The number of rotatable bonds is 9. The van der Waals surface area contributed by atoms with Crippen LogP contribution in [0.5, 0.6) is 11.5 Å². The molecule has 0 heterocycles. The highest BCUT2D eigenvalue weighted by molar-refractivity contribution is 7.81. The van der Waals surface area contributed by atoms with E-state index in [0.29, 0.717) is 34.6 Å². The molecule has 6 nitrogen and oxygen atoms in total. The van der Waals surface area contributed by atoms with E-state index >= 15 is 0 Å². The highest BCUT2D eigenvalue weighted by Gasteiger charge is 2.19. The maximum absolute atomic E-state index is 5.47. The van der Waals surface area contributed by atoms with Crippen LogP contribution in [0.2, 0.25) is 0 Å². The Balaban J connectivity index is 1.82. The lowest BCUT2D eigenvalue weighted by Gasteiger charge is -2.22. The first-order valence-corrected chi connectivity index (χ1v) is 9.62. The third kappa shape index (κ3) is 5.67. The van der Waals surface area contributed by atoms with Gasteiger partial charge in [0.25, 0.3) is 0 Å². The van der Waals surface area contributed by atoms with Crippen molar-refractivity contribution in [1.29, 1.82) is 0 Å². The second kappa shape index (κ2) is 11.0. The first-order chi connectivity index (χ1) is 13.5. The van der Waals surface area contributed by atoms with E-state index in [0.717, 1.165) is 23.3 Å². The zero-order valence-corrected chi connectivity index (χ0v) is 18.2. The van der Waals surface area contributed by atoms with Crippen molar-refractivity contribution in [3.8, 4) is 11.5 Å². The van der Waals surface area contributed by atoms with Crippen LogP contribution in [-0.2, 0) is 9.47 Å². The van der Waals surface area contributed by atoms with Crippen LogP contribution in [0.25, 0.3) is 0 Å². The molecule has 0 aromatic heterocycles. The molecule has 0 unspecified atom stereocenters. The molecule has 1 aliphatic carbocycles. The second-order valence-corrected chi connectivity index (χ2v) is 6.77. The molecule has 0 bridgehead atoms. The molecule has 0 saturated carbocycles. The maximum atomic E-state index is 5.47. The van der Waals surface area contributed by atoms with Gasteiger partial charge in [0.2, 0.25) is 0 Å². The van der Waals surface area contributed by atoms with E-state index < -0.39 is 0 Å². The molecule has 1 aliphatic rings. The number of ether oxygens (including phenoxy) is 4. The van der Waals surface area contributed by atoms with Gasteiger partial charge in [-0.3, -0.25) is 0 Å². The summed E-state index contributed by atoms with van der Waals surface area (Å²) < 4.78 is 21.3. The van der Waals surface area contributed by atoms with Gasteiger partial charge in [-0.1, -0.05) is 30.5 Å². The molecular formula is C20H26N2O4S2. The van der Waals surface area contributed by atoms with Crippen LogP contribution in [0.4, 0.5) is 0 Å². The highest BCUT2D eigenvalue weighted by atomic mass is 32.1. The molecule has 152 valence electrons. The van der Waals surface area contributed by atoms with Gasteiger partial charge in [0, 0.05) is 31.3 Å². The number of methoxy groups -OCH3 is 4. The van der Waals surface area contributed by atoms with E-state index in [1.807, 2.05) is 30.4 Å². The summed E-state index contributed by atoms with van der Waals surface area (Å²) >= 11 is 10.9. The Hall–Kier alpha value is -2.16. The molecule has 2 N–H and O–H groups in total. The van der Waals surface area contributed by atoms with Crippen LogP contribution in [0, 0.1) is 0 Å². The molecule has 0 saturated heterocycles. The van der Waals surface area contributed by atoms with Crippen molar-refractivity contribution in [3.05, 3.63) is 47.2 Å². The van der Waals surface area contributed by atoms with E-state index in [1.54, 1.807) is 28.4 Å². The predicted molar refractivity (Wildman–Crippen MR) is 118 cm³/mol. The summed E-state index contributed by atoms with van der Waals surface area (Å²) in [4.78, 5) is 1.30. The summed E-state index contributed by atoms with van der Waals surface area (Å²) in [7, 11) is 6.50. The van der Waals surface area contributed by atoms with Crippen LogP contribution in [0.15, 0.2) is 41.7 Å². The van der Waals surface area contributed by atoms with Crippen molar-refractivity contribution in [2.24, 2.45) is 0 Å². The molecule has 1 aromatic carbocycles. The fourth-order valence-corrected chi connectivity index (χ4v) is 3.22. The summed E-state index contributed by atoms with van der Waals surface area (Å²) in [6.07, 6.45) is 4.63. The van der Waals surface area contributed by atoms with Gasteiger partial charge in [-0.2, -0.15) is 0 Å². The molecule has 0 radical (unpaired) electrons. The Morgan fingerprint density at radius 2 is 1.64 bits per heavy atom. The normalized spacial score (nSPS) is 15.8. The Bertz CT molecular complexity index is 777. The highest BCUT2D eigenvalue weighted by Crippen LogP contribution is 2.27. The minimum absolute atomic E-state index is 0.0583. The molecule has 2 rings (SSSR count). The van der Waals surface area contributed by atoms with Gasteiger partial charge in [-0.25, -0.2) is 0 Å². The summed E-state index contributed by atoms with van der Waals surface area (Å²) in [5.41, 5.74) is 1.80. The van der Waals surface area contributed by atoms with Crippen LogP contribution < -0.4 is 20.1 Å². The quantitative estimate of drug-likeness (QED) is 0.465. The van der Waals surface area contributed by atoms with Gasteiger partial charge in [-0.15, -0.1) is 0 Å². The first-order valence-electron chi connectivity index (χ1n) is 8.81. The fourth-order valence-electron chi connectivity index (χ4n) is 2.75. The molecule has 0 fully saturated rings. The van der Waals surface area contributed by atoms with Gasteiger partial charge >= 0.3 is 0 Å². The lowest BCUT2D eigenvalue weighted by molar-refractivity contribution is 0.0792. The third-order valence-electron chi connectivity index (χ3n) is 4.29. The van der Waals surface area contributed by atoms with Gasteiger partial charge < -0.3 is 29.6 Å². The monoisotopic (exact) mass is 422 g/mol. The molecular weight excluding hydrogens is 396 g/mol. The minimum Gasteiger partial charge on any atom is -0.498 e. The maximum Gasteiger partial charge on any atom is 0.161 e. The Labute approximate surface area is 176 Å². The Morgan fingerprint density at radius 3 is 2.25 bits per heavy atom. The zero-order chi connectivity index (χ0) is 20.5. The average Bonchev–Trinajstić information content (AvgIpc) is 2.75. The van der Waals surface area contributed by atoms with Gasteiger partial charge in [-0.05, 0) is 30.7 Å². The molecule has 1 aromatic rings. The number of hydrogen-bond donors (Lipinski definition) is 2. The average molecular weight is 423 g/mol. The first kappa shape index (κ1) is 22.1. The second-order valence-electron chi connectivity index (χ2n) is 5.95. The number of benzene rings is 1. The lowest BCUT2D eigenvalue weighted by Crippen LogP contribution is -2.34.